The number of ether oxygens (including phenoxy) is 3. The van der Waals surface area contributed by atoms with Crippen molar-refractivity contribution in [1.29, 1.82) is 5.41 Å². The number of nitrogens with one attached hydrogen (secondary N) is 3. The number of fused-ring (bicyclic) bond motifs is 4. The number of rotatable bonds is 7. The fourth-order valence-corrected chi connectivity index (χ4v) is 5.28. The second kappa shape index (κ2) is 9.37. The van der Waals surface area contributed by atoms with Gasteiger partial charge in [-0.15, -0.1) is 0 Å². The maximum absolute atomic E-state index is 7.71. The monoisotopic (exact) mass is 556 g/mol. The summed E-state index contributed by atoms with van der Waals surface area (Å²) in [5.41, 5.74) is 13.2. The largest absolute Gasteiger partial charge is 0.486 e. The summed E-state index contributed by atoms with van der Waals surface area (Å²) in [5, 5.41) is 7.71. The van der Waals surface area contributed by atoms with Gasteiger partial charge in [0.15, 0.2) is 11.5 Å². The normalized spacial score (nSPS) is 12.5. The Hall–Kier alpha value is -5.84. The summed E-state index contributed by atoms with van der Waals surface area (Å²) in [4.78, 5) is 21.0. The number of amidine groups is 1. The van der Waals surface area contributed by atoms with Gasteiger partial charge in [0.25, 0.3) is 0 Å². The number of H-pyrrole nitrogens is 2. The fourth-order valence-electron chi connectivity index (χ4n) is 5.28. The first-order chi connectivity index (χ1) is 20.6. The number of aromatic nitrogens is 6. The molecule has 0 unspecified atom stereocenters. The summed E-state index contributed by atoms with van der Waals surface area (Å²) < 4.78 is 19.4. The average molecular weight is 557 g/mol. The van der Waals surface area contributed by atoms with Crippen LogP contribution in [-0.4, -0.2) is 42.1 Å². The maximum Gasteiger partial charge on any atom is 0.231 e. The Balaban J connectivity index is 1.17. The molecule has 1 aliphatic rings. The summed E-state index contributed by atoms with van der Waals surface area (Å²) >= 11 is 0. The standard InChI is InChI=1S/C31H24N8O3/c32-31(33)18-6-7-20-22(10-18)36-28(35-20)13-29-37-23-11-19(39-15-34-21-3-1-2-4-24(21)39)12-27(30(23)38-29)40-14-17-5-8-25-26(9-17)42-16-41-25/h1-12,15H,13-14,16H2,(H3,32,33)(H,35,36)(H,37,38). The molecule has 0 aliphatic carbocycles. The predicted molar refractivity (Wildman–Crippen MR) is 158 cm³/mol. The van der Waals surface area contributed by atoms with Crippen LogP contribution >= 0.6 is 0 Å². The van der Waals surface area contributed by atoms with Crippen molar-refractivity contribution >= 4 is 38.9 Å². The lowest BCUT2D eigenvalue weighted by Crippen LogP contribution is -2.10. The topological polar surface area (TPSA) is 153 Å². The number of para-hydroxylation sites is 2. The molecule has 4 heterocycles. The van der Waals surface area contributed by atoms with E-state index in [0.29, 0.717) is 35.6 Å². The third-order valence-electron chi connectivity index (χ3n) is 7.33. The van der Waals surface area contributed by atoms with E-state index in [9.17, 15) is 0 Å². The molecule has 1 aliphatic heterocycles. The smallest absolute Gasteiger partial charge is 0.231 e. The van der Waals surface area contributed by atoms with E-state index in [-0.39, 0.29) is 12.6 Å². The minimum absolute atomic E-state index is 0.0140. The second-order valence-electron chi connectivity index (χ2n) is 10.1. The van der Waals surface area contributed by atoms with E-state index in [4.69, 9.17) is 35.3 Å². The number of imidazole rings is 3. The number of aromatic amines is 2. The number of benzene rings is 4. The Morgan fingerprint density at radius 3 is 2.69 bits per heavy atom. The highest BCUT2D eigenvalue weighted by Gasteiger charge is 2.17. The summed E-state index contributed by atoms with van der Waals surface area (Å²) in [6.45, 7) is 0.546. The summed E-state index contributed by atoms with van der Waals surface area (Å²) in [6.07, 6.45) is 2.26. The minimum atomic E-state index is 0.0140. The predicted octanol–water partition coefficient (Wildman–Crippen LogP) is 4.96. The zero-order chi connectivity index (χ0) is 28.2. The molecule has 11 nitrogen and oxygen atoms in total. The Bertz CT molecular complexity index is 2160. The Labute approximate surface area is 238 Å². The van der Waals surface area contributed by atoms with E-state index in [0.717, 1.165) is 56.2 Å². The van der Waals surface area contributed by atoms with Gasteiger partial charge in [-0.05, 0) is 54.1 Å². The highest BCUT2D eigenvalue weighted by atomic mass is 16.7. The molecule has 0 amide bonds. The van der Waals surface area contributed by atoms with Crippen LogP contribution in [0.1, 0.15) is 22.8 Å². The number of hydrogen-bond donors (Lipinski definition) is 4. The van der Waals surface area contributed by atoms with Crippen LogP contribution in [-0.2, 0) is 13.0 Å². The van der Waals surface area contributed by atoms with Gasteiger partial charge in [0.2, 0.25) is 6.79 Å². The molecule has 0 spiro atoms. The van der Waals surface area contributed by atoms with Gasteiger partial charge in [-0.25, -0.2) is 15.0 Å². The number of nitrogen functional groups attached to an aromatic ring is 1. The van der Waals surface area contributed by atoms with Crippen LogP contribution in [0.15, 0.2) is 79.1 Å². The molecule has 11 heteroatoms. The minimum Gasteiger partial charge on any atom is -0.486 e. The lowest BCUT2D eigenvalue weighted by molar-refractivity contribution is 0.174. The van der Waals surface area contributed by atoms with Crippen molar-refractivity contribution in [1.82, 2.24) is 29.5 Å². The van der Waals surface area contributed by atoms with E-state index in [1.807, 2.05) is 77.6 Å². The van der Waals surface area contributed by atoms with Gasteiger partial charge >= 0.3 is 0 Å². The molecule has 0 fully saturated rings. The van der Waals surface area contributed by atoms with E-state index in [2.05, 4.69) is 15.0 Å². The third-order valence-corrected chi connectivity index (χ3v) is 7.33. The van der Waals surface area contributed by atoms with Gasteiger partial charge in [0.05, 0.1) is 39.7 Å². The van der Waals surface area contributed by atoms with Crippen molar-refractivity contribution in [2.24, 2.45) is 5.73 Å². The van der Waals surface area contributed by atoms with Gasteiger partial charge in [0.1, 0.15) is 41.7 Å². The molecule has 7 aromatic rings. The number of hydrogen-bond acceptors (Lipinski definition) is 7. The quantitative estimate of drug-likeness (QED) is 0.160. The third kappa shape index (κ3) is 4.15. The number of nitrogens with two attached hydrogens (primary N) is 1. The van der Waals surface area contributed by atoms with Crippen molar-refractivity contribution in [3.05, 3.63) is 102 Å². The van der Waals surface area contributed by atoms with Gasteiger partial charge in [0, 0.05) is 11.6 Å². The SMILES string of the molecule is N=C(N)c1ccc2nc(Cc3nc4c(OCc5ccc6c(c5)OCO6)cc(-n5cnc6ccccc65)cc4[nH]3)[nH]c2c1. The molecule has 5 N–H and O–H groups in total. The summed E-state index contributed by atoms with van der Waals surface area (Å²) in [5.74, 6) is 3.57. The van der Waals surface area contributed by atoms with Gasteiger partial charge < -0.3 is 29.9 Å². The zero-order valence-electron chi connectivity index (χ0n) is 22.2. The molecule has 8 rings (SSSR count). The van der Waals surface area contributed by atoms with Crippen LogP contribution in [0.2, 0.25) is 0 Å². The van der Waals surface area contributed by atoms with Crippen molar-refractivity contribution in [3.63, 3.8) is 0 Å². The average Bonchev–Trinajstić information content (AvgIpc) is 3.79. The molecule has 42 heavy (non-hydrogen) atoms. The van der Waals surface area contributed by atoms with E-state index in [1.54, 1.807) is 6.07 Å². The zero-order valence-corrected chi connectivity index (χ0v) is 22.2. The lowest BCUT2D eigenvalue weighted by Gasteiger charge is -2.11. The summed E-state index contributed by atoms with van der Waals surface area (Å²) in [7, 11) is 0. The first kappa shape index (κ1) is 24.0. The van der Waals surface area contributed by atoms with Crippen LogP contribution < -0.4 is 19.9 Å². The Morgan fingerprint density at radius 2 is 1.76 bits per heavy atom. The highest BCUT2D eigenvalue weighted by molar-refractivity contribution is 5.98. The molecule has 3 aromatic heterocycles. The van der Waals surface area contributed by atoms with Crippen molar-refractivity contribution in [3.8, 4) is 22.9 Å². The van der Waals surface area contributed by atoms with Crippen molar-refractivity contribution < 1.29 is 14.2 Å². The first-order valence-corrected chi connectivity index (χ1v) is 13.4. The van der Waals surface area contributed by atoms with Gasteiger partial charge in [-0.1, -0.05) is 18.2 Å². The molecule has 206 valence electrons. The Kier molecular flexibility index (Phi) is 5.36. The van der Waals surface area contributed by atoms with Crippen LogP contribution in [0.5, 0.6) is 17.2 Å². The molecular formula is C31H24N8O3. The first-order valence-electron chi connectivity index (χ1n) is 13.4. The molecule has 0 radical (unpaired) electrons. The van der Waals surface area contributed by atoms with E-state index < -0.39 is 0 Å². The van der Waals surface area contributed by atoms with Crippen molar-refractivity contribution in [2.75, 3.05) is 6.79 Å². The molecule has 0 atom stereocenters. The summed E-state index contributed by atoms with van der Waals surface area (Å²) in [6, 6.07) is 23.3. The van der Waals surface area contributed by atoms with Gasteiger partial charge in [-0.2, -0.15) is 0 Å². The molecule has 4 aromatic carbocycles. The van der Waals surface area contributed by atoms with Crippen LogP contribution in [0.3, 0.4) is 0 Å². The van der Waals surface area contributed by atoms with Gasteiger partial charge in [-0.3, -0.25) is 9.98 Å². The molecule has 0 saturated heterocycles. The second-order valence-corrected chi connectivity index (χ2v) is 10.1. The number of nitrogens with zero attached hydrogens (tertiary/aromatic N) is 4. The van der Waals surface area contributed by atoms with Crippen molar-refractivity contribution in [2.45, 2.75) is 13.0 Å². The molecule has 0 saturated carbocycles. The van der Waals surface area contributed by atoms with Crippen LogP contribution in [0, 0.1) is 5.41 Å². The lowest BCUT2D eigenvalue weighted by atomic mass is 10.2. The maximum atomic E-state index is 7.71. The molecule has 0 bridgehead atoms. The fraction of sp³-hybridized carbons (Fsp3) is 0.0968. The van der Waals surface area contributed by atoms with E-state index in [1.165, 1.54) is 0 Å². The highest BCUT2D eigenvalue weighted by Crippen LogP contribution is 2.34. The molecular weight excluding hydrogens is 532 g/mol. The van der Waals surface area contributed by atoms with Crippen LogP contribution in [0.4, 0.5) is 0 Å². The van der Waals surface area contributed by atoms with Crippen LogP contribution in [0.25, 0.3) is 38.8 Å². The Morgan fingerprint density at radius 1 is 0.905 bits per heavy atom. The van der Waals surface area contributed by atoms with E-state index >= 15 is 0 Å².